The first-order valence-electron chi connectivity index (χ1n) is 9.44. The number of thiazole rings is 1. The molecule has 3 N–H and O–H groups in total. The van der Waals surface area contributed by atoms with E-state index in [4.69, 9.17) is 0 Å². The first-order valence-corrected chi connectivity index (χ1v) is 11.7. The molecule has 158 valence electrons. The Bertz CT molecular complexity index is 1370. The molecule has 0 atom stereocenters. The fourth-order valence-corrected chi connectivity index (χ4v) is 5.10. The third kappa shape index (κ3) is 4.68. The molecule has 4 rings (SSSR count). The Balaban J connectivity index is 1.50. The summed E-state index contributed by atoms with van der Waals surface area (Å²) in [4.78, 5) is 16.9. The van der Waals surface area contributed by atoms with Crippen molar-refractivity contribution in [3.63, 3.8) is 0 Å². The molecular formula is C22H20N4O3S2. The number of carbonyl (C=O) groups excluding carboxylic acids is 1. The summed E-state index contributed by atoms with van der Waals surface area (Å²) >= 11 is 1.22. The average Bonchev–Trinajstić information content (AvgIpc) is 3.13. The second-order valence-corrected chi connectivity index (χ2v) is 9.66. The molecule has 0 unspecified atom stereocenters. The molecule has 0 radical (unpaired) electrons. The Morgan fingerprint density at radius 1 is 0.935 bits per heavy atom. The van der Waals surface area contributed by atoms with Gasteiger partial charge in [-0.1, -0.05) is 41.7 Å². The largest absolute Gasteiger partial charge is 0.323 e. The lowest BCUT2D eigenvalue weighted by Gasteiger charge is -2.11. The standard InChI is InChI=1S/C22H20N4O3S2/c1-14-7-6-10-18(15(14)2)24-21(27)23-16-11-12-20-19(13-16)25-22(30-20)26-31(28,29)17-8-4-3-5-9-17/h3-13H,1-2H3,(H,25,26)(H2,23,24,27). The lowest BCUT2D eigenvalue weighted by molar-refractivity contribution is 0.262. The lowest BCUT2D eigenvalue weighted by atomic mass is 10.1. The molecule has 4 aromatic rings. The summed E-state index contributed by atoms with van der Waals surface area (Å²) in [6, 6.07) is 18.7. The molecule has 0 spiro atoms. The summed E-state index contributed by atoms with van der Waals surface area (Å²) in [5, 5.41) is 5.89. The van der Waals surface area contributed by atoms with Crippen molar-refractivity contribution in [2.75, 3.05) is 15.4 Å². The van der Waals surface area contributed by atoms with Crippen molar-refractivity contribution in [2.24, 2.45) is 0 Å². The van der Waals surface area contributed by atoms with Gasteiger partial charge in [-0.15, -0.1) is 0 Å². The lowest BCUT2D eigenvalue weighted by Crippen LogP contribution is -2.20. The van der Waals surface area contributed by atoms with Gasteiger partial charge in [0.05, 0.1) is 15.1 Å². The van der Waals surface area contributed by atoms with E-state index in [1.54, 1.807) is 36.4 Å². The van der Waals surface area contributed by atoms with E-state index in [-0.39, 0.29) is 16.1 Å². The molecule has 0 aliphatic heterocycles. The van der Waals surface area contributed by atoms with Crippen LogP contribution in [0.4, 0.5) is 21.3 Å². The second kappa shape index (κ2) is 8.37. The first kappa shape index (κ1) is 20.8. The summed E-state index contributed by atoms with van der Waals surface area (Å²) in [6.45, 7) is 3.93. The van der Waals surface area contributed by atoms with Gasteiger partial charge in [0.1, 0.15) is 0 Å². The average molecular weight is 453 g/mol. The number of hydrogen-bond donors (Lipinski definition) is 3. The Hall–Kier alpha value is -3.43. The van der Waals surface area contributed by atoms with E-state index in [2.05, 4.69) is 20.3 Å². The van der Waals surface area contributed by atoms with Gasteiger partial charge in [-0.2, -0.15) is 0 Å². The Kier molecular flexibility index (Phi) is 5.62. The van der Waals surface area contributed by atoms with Crippen molar-refractivity contribution in [1.82, 2.24) is 4.98 Å². The van der Waals surface area contributed by atoms with Crippen LogP contribution in [0.3, 0.4) is 0 Å². The second-order valence-electron chi connectivity index (χ2n) is 6.95. The predicted molar refractivity (Wildman–Crippen MR) is 125 cm³/mol. The Morgan fingerprint density at radius 3 is 2.48 bits per heavy atom. The molecule has 3 aromatic carbocycles. The number of aromatic nitrogens is 1. The van der Waals surface area contributed by atoms with Gasteiger partial charge >= 0.3 is 6.03 Å². The number of urea groups is 1. The van der Waals surface area contributed by atoms with Gasteiger partial charge in [0.25, 0.3) is 10.0 Å². The van der Waals surface area contributed by atoms with Crippen LogP contribution in [0, 0.1) is 13.8 Å². The summed E-state index contributed by atoms with van der Waals surface area (Å²) in [7, 11) is -3.71. The quantitative estimate of drug-likeness (QED) is 0.380. The number of anilines is 3. The zero-order valence-corrected chi connectivity index (χ0v) is 18.5. The van der Waals surface area contributed by atoms with E-state index in [1.807, 2.05) is 32.0 Å². The molecule has 0 aliphatic rings. The number of aryl methyl sites for hydroxylation is 1. The number of benzene rings is 3. The zero-order valence-electron chi connectivity index (χ0n) is 16.8. The highest BCUT2D eigenvalue weighted by Crippen LogP contribution is 2.29. The van der Waals surface area contributed by atoms with E-state index >= 15 is 0 Å². The molecule has 31 heavy (non-hydrogen) atoms. The number of nitrogens with one attached hydrogen (secondary N) is 3. The Labute approximate surface area is 184 Å². The van der Waals surface area contributed by atoms with Crippen LogP contribution < -0.4 is 15.4 Å². The SMILES string of the molecule is Cc1cccc(NC(=O)Nc2ccc3sc(NS(=O)(=O)c4ccccc4)nc3c2)c1C. The third-order valence-corrected chi connectivity index (χ3v) is 7.21. The molecular weight excluding hydrogens is 432 g/mol. The number of carbonyl (C=O) groups is 1. The van der Waals surface area contributed by atoms with Gasteiger partial charge in [-0.05, 0) is 61.4 Å². The molecule has 0 saturated heterocycles. The number of nitrogens with zero attached hydrogens (tertiary/aromatic N) is 1. The van der Waals surface area contributed by atoms with Crippen molar-refractivity contribution in [3.05, 3.63) is 77.9 Å². The maximum atomic E-state index is 12.5. The normalized spacial score (nSPS) is 11.3. The molecule has 1 aromatic heterocycles. The summed E-state index contributed by atoms with van der Waals surface area (Å²) in [6.07, 6.45) is 0. The van der Waals surface area contributed by atoms with Gasteiger partial charge in [0, 0.05) is 11.4 Å². The number of fused-ring (bicyclic) bond motifs is 1. The third-order valence-electron chi connectivity index (χ3n) is 4.77. The van der Waals surface area contributed by atoms with Crippen molar-refractivity contribution in [2.45, 2.75) is 18.7 Å². The van der Waals surface area contributed by atoms with E-state index in [0.29, 0.717) is 11.2 Å². The van der Waals surface area contributed by atoms with Gasteiger partial charge in [-0.3, -0.25) is 4.72 Å². The van der Waals surface area contributed by atoms with Crippen molar-refractivity contribution >= 4 is 54.1 Å². The van der Waals surface area contributed by atoms with Crippen LogP contribution in [-0.2, 0) is 10.0 Å². The molecule has 1 heterocycles. The van der Waals surface area contributed by atoms with E-state index in [0.717, 1.165) is 21.5 Å². The van der Waals surface area contributed by atoms with E-state index in [1.165, 1.54) is 23.5 Å². The summed E-state index contributed by atoms with van der Waals surface area (Å²) in [5.41, 5.74) is 3.97. The topological polar surface area (TPSA) is 100 Å². The minimum atomic E-state index is -3.71. The smallest absolute Gasteiger partial charge is 0.308 e. The fraction of sp³-hybridized carbons (Fsp3) is 0.0909. The van der Waals surface area contributed by atoms with Crippen LogP contribution in [0.1, 0.15) is 11.1 Å². The number of amides is 2. The van der Waals surface area contributed by atoms with Crippen LogP contribution in [0.15, 0.2) is 71.6 Å². The highest BCUT2D eigenvalue weighted by Gasteiger charge is 2.16. The zero-order chi connectivity index (χ0) is 22.0. The van der Waals surface area contributed by atoms with Gasteiger partial charge < -0.3 is 10.6 Å². The minimum Gasteiger partial charge on any atom is -0.308 e. The number of sulfonamides is 1. The molecule has 0 fully saturated rings. The van der Waals surface area contributed by atoms with Gasteiger partial charge in [0.15, 0.2) is 5.13 Å². The Morgan fingerprint density at radius 2 is 1.71 bits per heavy atom. The molecule has 2 amide bonds. The van der Waals surface area contributed by atoms with Gasteiger partial charge in [-0.25, -0.2) is 18.2 Å². The summed E-state index contributed by atoms with van der Waals surface area (Å²) < 4.78 is 28.3. The number of hydrogen-bond acceptors (Lipinski definition) is 5. The minimum absolute atomic E-state index is 0.166. The monoisotopic (exact) mass is 452 g/mol. The maximum absolute atomic E-state index is 12.5. The maximum Gasteiger partial charge on any atom is 0.323 e. The highest BCUT2D eigenvalue weighted by molar-refractivity contribution is 7.93. The van der Waals surface area contributed by atoms with Crippen LogP contribution in [0.5, 0.6) is 0 Å². The highest BCUT2D eigenvalue weighted by atomic mass is 32.2. The molecule has 0 aliphatic carbocycles. The molecule has 0 bridgehead atoms. The predicted octanol–water partition coefficient (Wildman–Crippen LogP) is 5.36. The molecule has 9 heteroatoms. The van der Waals surface area contributed by atoms with Crippen LogP contribution in [0.2, 0.25) is 0 Å². The van der Waals surface area contributed by atoms with Gasteiger partial charge in [0.2, 0.25) is 0 Å². The number of rotatable bonds is 5. The van der Waals surface area contributed by atoms with Crippen LogP contribution in [0.25, 0.3) is 10.2 Å². The van der Waals surface area contributed by atoms with E-state index in [9.17, 15) is 13.2 Å². The van der Waals surface area contributed by atoms with Crippen molar-refractivity contribution in [3.8, 4) is 0 Å². The first-order chi connectivity index (χ1) is 14.8. The van der Waals surface area contributed by atoms with Crippen molar-refractivity contribution < 1.29 is 13.2 Å². The molecule has 0 saturated carbocycles. The van der Waals surface area contributed by atoms with Crippen molar-refractivity contribution in [1.29, 1.82) is 0 Å². The van der Waals surface area contributed by atoms with E-state index < -0.39 is 10.0 Å². The van der Waals surface area contributed by atoms with Crippen LogP contribution in [-0.4, -0.2) is 19.4 Å². The van der Waals surface area contributed by atoms with Crippen LogP contribution >= 0.6 is 11.3 Å². The fourth-order valence-electron chi connectivity index (χ4n) is 2.99. The molecule has 7 nitrogen and oxygen atoms in total. The summed E-state index contributed by atoms with van der Waals surface area (Å²) in [5.74, 6) is 0.